The number of hydrogen-bond acceptors (Lipinski definition) is 3. The van der Waals surface area contributed by atoms with Crippen molar-refractivity contribution in [1.29, 1.82) is 0 Å². The van der Waals surface area contributed by atoms with Crippen molar-refractivity contribution in [2.45, 2.75) is 0 Å². The van der Waals surface area contributed by atoms with Crippen molar-refractivity contribution in [3.8, 4) is 21.8 Å². The van der Waals surface area contributed by atoms with Crippen LogP contribution in [-0.4, -0.2) is 15.4 Å². The summed E-state index contributed by atoms with van der Waals surface area (Å²) in [6.07, 6.45) is 0. The molecule has 1 N–H and O–H groups in total. The Bertz CT molecular complexity index is 569. The SMILES string of the molecule is c1ccc(-c2n[nH]nc2-c2cccs2)cc1. The number of hydrogen-bond donors (Lipinski definition) is 1. The van der Waals surface area contributed by atoms with E-state index in [1.165, 1.54) is 0 Å². The normalized spacial score (nSPS) is 10.5. The highest BCUT2D eigenvalue weighted by Crippen LogP contribution is 2.30. The first kappa shape index (κ1) is 9.30. The van der Waals surface area contributed by atoms with E-state index in [1.54, 1.807) is 11.3 Å². The summed E-state index contributed by atoms with van der Waals surface area (Å²) in [6, 6.07) is 14.1. The zero-order valence-corrected chi connectivity index (χ0v) is 9.24. The number of thiophene rings is 1. The van der Waals surface area contributed by atoms with Crippen molar-refractivity contribution in [2.75, 3.05) is 0 Å². The van der Waals surface area contributed by atoms with E-state index in [0.29, 0.717) is 0 Å². The van der Waals surface area contributed by atoms with Crippen LogP contribution < -0.4 is 0 Å². The minimum absolute atomic E-state index is 0.906. The largest absolute Gasteiger partial charge is 0.197 e. The number of aromatic amines is 1. The van der Waals surface area contributed by atoms with Gasteiger partial charge in [0.1, 0.15) is 11.4 Å². The van der Waals surface area contributed by atoms with Crippen LogP contribution >= 0.6 is 11.3 Å². The van der Waals surface area contributed by atoms with Gasteiger partial charge in [-0.1, -0.05) is 36.4 Å². The Balaban J connectivity index is 2.14. The summed E-state index contributed by atoms with van der Waals surface area (Å²) in [5.41, 5.74) is 2.91. The van der Waals surface area contributed by atoms with Crippen LogP contribution in [0, 0.1) is 0 Å². The Hall–Kier alpha value is -1.94. The molecule has 2 heterocycles. The minimum atomic E-state index is 0.906. The molecule has 16 heavy (non-hydrogen) atoms. The second kappa shape index (κ2) is 3.90. The smallest absolute Gasteiger partial charge is 0.130 e. The average molecular weight is 227 g/mol. The molecule has 78 valence electrons. The number of rotatable bonds is 2. The van der Waals surface area contributed by atoms with Gasteiger partial charge in [-0.25, -0.2) is 0 Å². The lowest BCUT2D eigenvalue weighted by Gasteiger charge is -1.97. The first-order valence-corrected chi connectivity index (χ1v) is 5.83. The van der Waals surface area contributed by atoms with Crippen LogP contribution in [0.5, 0.6) is 0 Å². The van der Waals surface area contributed by atoms with Gasteiger partial charge >= 0.3 is 0 Å². The lowest BCUT2D eigenvalue weighted by Crippen LogP contribution is -1.80. The molecule has 0 aliphatic heterocycles. The molecular formula is C12H9N3S. The fourth-order valence-corrected chi connectivity index (χ4v) is 2.33. The third kappa shape index (κ3) is 1.53. The lowest BCUT2D eigenvalue weighted by atomic mass is 10.1. The maximum atomic E-state index is 4.21. The van der Waals surface area contributed by atoms with Gasteiger partial charge in [0.15, 0.2) is 0 Å². The highest BCUT2D eigenvalue weighted by atomic mass is 32.1. The van der Waals surface area contributed by atoms with Crippen LogP contribution in [0.4, 0.5) is 0 Å². The summed E-state index contributed by atoms with van der Waals surface area (Å²) in [4.78, 5) is 1.13. The summed E-state index contributed by atoms with van der Waals surface area (Å²) in [5.74, 6) is 0. The zero-order valence-electron chi connectivity index (χ0n) is 8.42. The molecule has 0 unspecified atom stereocenters. The standard InChI is InChI=1S/C12H9N3S/c1-2-5-9(6-3-1)11-12(14-15-13-11)10-7-4-8-16-10/h1-8H,(H,13,14,15). The average Bonchev–Trinajstić information content (AvgIpc) is 3.01. The van der Waals surface area contributed by atoms with Crippen molar-refractivity contribution in [1.82, 2.24) is 15.4 Å². The predicted molar refractivity (Wildman–Crippen MR) is 65.1 cm³/mol. The van der Waals surface area contributed by atoms with Crippen LogP contribution in [0.1, 0.15) is 0 Å². The lowest BCUT2D eigenvalue weighted by molar-refractivity contribution is 0.945. The summed E-state index contributed by atoms with van der Waals surface area (Å²) in [5, 5.41) is 13.2. The van der Waals surface area contributed by atoms with Crippen LogP contribution in [-0.2, 0) is 0 Å². The van der Waals surface area contributed by atoms with Crippen LogP contribution in [0.15, 0.2) is 47.8 Å². The number of benzene rings is 1. The Kier molecular flexibility index (Phi) is 2.27. The Morgan fingerprint density at radius 3 is 2.44 bits per heavy atom. The van der Waals surface area contributed by atoms with E-state index >= 15 is 0 Å². The van der Waals surface area contributed by atoms with E-state index in [4.69, 9.17) is 0 Å². The fourth-order valence-electron chi connectivity index (χ4n) is 1.61. The first-order chi connectivity index (χ1) is 7.95. The van der Waals surface area contributed by atoms with Crippen molar-refractivity contribution in [3.63, 3.8) is 0 Å². The maximum Gasteiger partial charge on any atom is 0.130 e. The Labute approximate surface area is 96.8 Å². The molecule has 3 rings (SSSR count). The minimum Gasteiger partial charge on any atom is -0.197 e. The molecular weight excluding hydrogens is 218 g/mol. The van der Waals surface area contributed by atoms with Gasteiger partial charge in [0.2, 0.25) is 0 Å². The quantitative estimate of drug-likeness (QED) is 0.730. The molecule has 0 atom stereocenters. The van der Waals surface area contributed by atoms with Gasteiger partial charge in [-0.05, 0) is 11.4 Å². The van der Waals surface area contributed by atoms with E-state index < -0.39 is 0 Å². The second-order valence-corrected chi connectivity index (χ2v) is 4.31. The van der Waals surface area contributed by atoms with Crippen molar-refractivity contribution in [2.24, 2.45) is 0 Å². The second-order valence-electron chi connectivity index (χ2n) is 3.36. The highest BCUT2D eigenvalue weighted by Gasteiger charge is 2.12. The number of nitrogens with one attached hydrogen (secondary N) is 1. The van der Waals surface area contributed by atoms with E-state index in [0.717, 1.165) is 21.8 Å². The molecule has 0 aliphatic rings. The molecule has 0 saturated heterocycles. The predicted octanol–water partition coefficient (Wildman–Crippen LogP) is 3.20. The van der Waals surface area contributed by atoms with Gasteiger partial charge in [0, 0.05) is 5.56 Å². The van der Waals surface area contributed by atoms with Gasteiger partial charge in [-0.15, -0.1) is 11.3 Å². The van der Waals surface area contributed by atoms with Crippen molar-refractivity contribution in [3.05, 3.63) is 47.8 Å². The maximum absolute atomic E-state index is 4.21. The molecule has 1 aromatic carbocycles. The van der Waals surface area contributed by atoms with E-state index in [1.807, 2.05) is 41.8 Å². The van der Waals surface area contributed by atoms with Crippen LogP contribution in [0.2, 0.25) is 0 Å². The van der Waals surface area contributed by atoms with Crippen molar-refractivity contribution < 1.29 is 0 Å². The molecule has 0 bridgehead atoms. The van der Waals surface area contributed by atoms with Crippen LogP contribution in [0.25, 0.3) is 21.8 Å². The summed E-state index contributed by atoms with van der Waals surface area (Å²) in [6.45, 7) is 0. The highest BCUT2D eigenvalue weighted by molar-refractivity contribution is 7.13. The van der Waals surface area contributed by atoms with Crippen LogP contribution in [0.3, 0.4) is 0 Å². The summed E-state index contributed by atoms with van der Waals surface area (Å²) >= 11 is 1.67. The van der Waals surface area contributed by atoms with E-state index in [2.05, 4.69) is 21.5 Å². The molecule has 0 aliphatic carbocycles. The van der Waals surface area contributed by atoms with Gasteiger partial charge in [0.05, 0.1) is 4.88 Å². The topological polar surface area (TPSA) is 41.6 Å². The fraction of sp³-hybridized carbons (Fsp3) is 0. The third-order valence-electron chi connectivity index (χ3n) is 2.35. The van der Waals surface area contributed by atoms with E-state index in [9.17, 15) is 0 Å². The molecule has 3 aromatic rings. The molecule has 0 amide bonds. The summed E-state index contributed by atoms with van der Waals surface area (Å²) in [7, 11) is 0. The third-order valence-corrected chi connectivity index (χ3v) is 3.23. The summed E-state index contributed by atoms with van der Waals surface area (Å²) < 4.78 is 0. The first-order valence-electron chi connectivity index (χ1n) is 4.95. The monoisotopic (exact) mass is 227 g/mol. The Morgan fingerprint density at radius 1 is 0.875 bits per heavy atom. The van der Waals surface area contributed by atoms with Gasteiger partial charge in [-0.2, -0.15) is 15.4 Å². The molecule has 0 saturated carbocycles. The molecule has 0 radical (unpaired) electrons. The van der Waals surface area contributed by atoms with Gasteiger partial charge in [-0.3, -0.25) is 0 Å². The number of nitrogens with zero attached hydrogens (tertiary/aromatic N) is 2. The molecule has 3 nitrogen and oxygen atoms in total. The van der Waals surface area contributed by atoms with E-state index in [-0.39, 0.29) is 0 Å². The van der Waals surface area contributed by atoms with Crippen molar-refractivity contribution >= 4 is 11.3 Å². The van der Waals surface area contributed by atoms with Gasteiger partial charge in [0.25, 0.3) is 0 Å². The molecule has 0 spiro atoms. The van der Waals surface area contributed by atoms with Gasteiger partial charge < -0.3 is 0 Å². The number of aromatic nitrogens is 3. The molecule has 0 fully saturated rings. The molecule has 4 heteroatoms. The zero-order chi connectivity index (χ0) is 10.8. The Morgan fingerprint density at radius 2 is 1.69 bits per heavy atom. The number of H-pyrrole nitrogens is 1. The molecule has 2 aromatic heterocycles.